The molecule has 27 heavy (non-hydrogen) atoms. The van der Waals surface area contributed by atoms with Crippen LogP contribution in [0, 0.1) is 0 Å². The van der Waals surface area contributed by atoms with Crippen molar-refractivity contribution in [3.63, 3.8) is 0 Å². The van der Waals surface area contributed by atoms with Crippen LogP contribution in [0.5, 0.6) is 0 Å². The summed E-state index contributed by atoms with van der Waals surface area (Å²) in [5, 5.41) is 9.57. The molecule has 0 bridgehead atoms. The minimum Gasteiger partial charge on any atom is -0.461 e. The van der Waals surface area contributed by atoms with E-state index in [-0.39, 0.29) is 5.91 Å². The zero-order valence-corrected chi connectivity index (χ0v) is 16.8. The van der Waals surface area contributed by atoms with E-state index in [9.17, 15) is 4.79 Å². The Morgan fingerprint density at radius 2 is 2.15 bits per heavy atom. The van der Waals surface area contributed by atoms with Crippen LogP contribution in [0.4, 0.5) is 5.69 Å². The highest BCUT2D eigenvalue weighted by Gasteiger charge is 2.24. The van der Waals surface area contributed by atoms with Crippen LogP contribution in [0.25, 0.3) is 11.6 Å². The highest BCUT2D eigenvalue weighted by atomic mass is 32.2. The van der Waals surface area contributed by atoms with Crippen LogP contribution in [-0.2, 0) is 11.8 Å². The van der Waals surface area contributed by atoms with Crippen molar-refractivity contribution in [1.82, 2.24) is 14.8 Å². The fourth-order valence-corrected chi connectivity index (χ4v) is 4.91. The lowest BCUT2D eigenvalue weighted by molar-refractivity contribution is -0.116. The Balaban J connectivity index is 1.49. The first-order valence-corrected chi connectivity index (χ1v) is 10.6. The molecule has 1 aromatic carbocycles. The number of hydrogen-bond donors (Lipinski definition) is 0. The first-order valence-electron chi connectivity index (χ1n) is 8.75. The summed E-state index contributed by atoms with van der Waals surface area (Å²) < 4.78 is 7.24. The Bertz CT molecular complexity index is 939. The summed E-state index contributed by atoms with van der Waals surface area (Å²) in [6.45, 7) is 2.95. The second-order valence-corrected chi connectivity index (χ2v) is 8.78. The third-order valence-electron chi connectivity index (χ3n) is 4.45. The highest BCUT2D eigenvalue weighted by Crippen LogP contribution is 2.37. The van der Waals surface area contributed by atoms with Crippen LogP contribution < -0.4 is 4.90 Å². The van der Waals surface area contributed by atoms with Gasteiger partial charge in [-0.15, -0.1) is 22.0 Å². The number of fused-ring (bicyclic) bond motifs is 1. The van der Waals surface area contributed by atoms with E-state index in [2.05, 4.69) is 23.2 Å². The highest BCUT2D eigenvalue weighted by molar-refractivity contribution is 8.00. The Morgan fingerprint density at radius 3 is 2.96 bits per heavy atom. The molecule has 1 atom stereocenters. The molecule has 1 aliphatic heterocycles. The molecular weight excluding hydrogens is 380 g/mol. The van der Waals surface area contributed by atoms with Crippen LogP contribution in [-0.4, -0.2) is 38.2 Å². The molecule has 0 saturated heterocycles. The minimum absolute atomic E-state index is 0.0877. The lowest BCUT2D eigenvalue weighted by Gasteiger charge is -2.22. The molecule has 3 aromatic rings. The molecule has 6 nitrogen and oxygen atoms in total. The van der Waals surface area contributed by atoms with Gasteiger partial charge in [-0.25, -0.2) is 0 Å². The second kappa shape index (κ2) is 7.82. The molecule has 1 amide bonds. The van der Waals surface area contributed by atoms with Crippen molar-refractivity contribution in [2.45, 2.75) is 28.6 Å². The number of carbonyl (C=O) groups is 1. The molecule has 0 N–H and O–H groups in total. The van der Waals surface area contributed by atoms with Gasteiger partial charge in [0, 0.05) is 23.7 Å². The van der Waals surface area contributed by atoms with E-state index >= 15 is 0 Å². The topological polar surface area (TPSA) is 64.2 Å². The van der Waals surface area contributed by atoms with E-state index < -0.39 is 0 Å². The predicted molar refractivity (Wildman–Crippen MR) is 108 cm³/mol. The second-order valence-electron chi connectivity index (χ2n) is 6.36. The van der Waals surface area contributed by atoms with E-state index in [1.165, 1.54) is 16.7 Å². The van der Waals surface area contributed by atoms with Crippen LogP contribution in [0.1, 0.15) is 13.3 Å². The van der Waals surface area contributed by atoms with Crippen molar-refractivity contribution >= 4 is 35.1 Å². The number of amides is 1. The fraction of sp³-hybridized carbons (Fsp3) is 0.316. The monoisotopic (exact) mass is 400 g/mol. The van der Waals surface area contributed by atoms with E-state index in [1.807, 2.05) is 58.6 Å². The number of anilines is 1. The maximum absolute atomic E-state index is 13.0. The van der Waals surface area contributed by atoms with Gasteiger partial charge in [0.05, 0.1) is 17.7 Å². The van der Waals surface area contributed by atoms with Crippen LogP contribution in [0.3, 0.4) is 0 Å². The van der Waals surface area contributed by atoms with Crippen LogP contribution in [0.2, 0.25) is 0 Å². The van der Waals surface area contributed by atoms with E-state index in [4.69, 9.17) is 4.42 Å². The normalized spacial score (nSPS) is 16.8. The molecule has 0 saturated carbocycles. The summed E-state index contributed by atoms with van der Waals surface area (Å²) >= 11 is 3.23. The minimum atomic E-state index is 0.0877. The zero-order chi connectivity index (χ0) is 18.8. The maximum Gasteiger partial charge on any atom is 0.237 e. The van der Waals surface area contributed by atoms with Gasteiger partial charge in [0.25, 0.3) is 0 Å². The van der Waals surface area contributed by atoms with Gasteiger partial charge in [-0.1, -0.05) is 30.8 Å². The van der Waals surface area contributed by atoms with Gasteiger partial charge in [0.15, 0.2) is 16.7 Å². The largest absolute Gasteiger partial charge is 0.461 e. The van der Waals surface area contributed by atoms with E-state index in [0.717, 1.165) is 18.7 Å². The summed E-state index contributed by atoms with van der Waals surface area (Å²) in [7, 11) is 1.88. The van der Waals surface area contributed by atoms with Crippen LogP contribution >= 0.6 is 23.5 Å². The third kappa shape index (κ3) is 3.77. The van der Waals surface area contributed by atoms with Crippen molar-refractivity contribution in [2.75, 3.05) is 17.2 Å². The summed E-state index contributed by atoms with van der Waals surface area (Å²) in [5.74, 6) is 1.72. The van der Waals surface area contributed by atoms with Crippen molar-refractivity contribution < 1.29 is 9.21 Å². The molecule has 0 radical (unpaired) electrons. The molecule has 1 aliphatic rings. The molecule has 0 spiro atoms. The smallest absolute Gasteiger partial charge is 0.237 e. The van der Waals surface area contributed by atoms with Gasteiger partial charge in [-0.3, -0.25) is 4.79 Å². The average Bonchev–Trinajstić information content (AvgIpc) is 3.27. The third-order valence-corrected chi connectivity index (χ3v) is 6.69. The standard InChI is InChI=1S/C19H20N4O2S2/c1-13-9-10-23(14-6-3-4-8-16(14)27-13)17(24)12-26-19-21-20-18(22(19)2)15-7-5-11-25-15/h3-8,11,13H,9-10,12H2,1-2H3/t13-/m1/s1. The maximum atomic E-state index is 13.0. The van der Waals surface area contributed by atoms with Crippen molar-refractivity contribution in [1.29, 1.82) is 0 Å². The molecule has 2 aromatic heterocycles. The molecule has 4 rings (SSSR count). The zero-order valence-electron chi connectivity index (χ0n) is 15.2. The van der Waals surface area contributed by atoms with Crippen molar-refractivity contribution in [3.05, 3.63) is 42.7 Å². The predicted octanol–water partition coefficient (Wildman–Crippen LogP) is 4.08. The van der Waals surface area contributed by atoms with Gasteiger partial charge >= 0.3 is 0 Å². The number of furan rings is 1. The number of hydrogen-bond acceptors (Lipinski definition) is 6. The Morgan fingerprint density at radius 1 is 1.30 bits per heavy atom. The van der Waals surface area contributed by atoms with Gasteiger partial charge in [0.2, 0.25) is 5.91 Å². The van der Waals surface area contributed by atoms with Crippen LogP contribution in [0.15, 0.2) is 57.1 Å². The SMILES string of the molecule is C[C@@H]1CCN(C(=O)CSc2nnc(-c3ccco3)n2C)c2ccccc2S1. The molecule has 8 heteroatoms. The lowest BCUT2D eigenvalue weighted by atomic mass is 10.2. The van der Waals surface area contributed by atoms with Gasteiger partial charge in [-0.05, 0) is 30.7 Å². The van der Waals surface area contributed by atoms with Crippen molar-refractivity contribution in [3.8, 4) is 11.6 Å². The summed E-state index contributed by atoms with van der Waals surface area (Å²) in [6.07, 6.45) is 2.58. The van der Waals surface area contributed by atoms with E-state index in [1.54, 1.807) is 6.26 Å². The van der Waals surface area contributed by atoms with Gasteiger partial charge < -0.3 is 13.9 Å². The molecule has 3 heterocycles. The summed E-state index contributed by atoms with van der Waals surface area (Å²) in [4.78, 5) is 16.0. The van der Waals surface area contributed by atoms with Gasteiger partial charge in [0.1, 0.15) is 0 Å². The molecule has 140 valence electrons. The Kier molecular flexibility index (Phi) is 5.27. The summed E-state index contributed by atoms with van der Waals surface area (Å²) in [5.41, 5.74) is 1.01. The Labute approximate surface area is 166 Å². The lowest BCUT2D eigenvalue weighted by Crippen LogP contribution is -2.33. The number of thioether (sulfide) groups is 2. The Hall–Kier alpha value is -2.19. The number of nitrogens with zero attached hydrogens (tertiary/aromatic N) is 4. The number of benzene rings is 1. The fourth-order valence-electron chi connectivity index (χ4n) is 3.01. The molecule has 0 unspecified atom stereocenters. The summed E-state index contributed by atoms with van der Waals surface area (Å²) in [6, 6.07) is 11.8. The number of aromatic nitrogens is 3. The number of rotatable bonds is 4. The molecular formula is C19H20N4O2S2. The first kappa shape index (κ1) is 18.2. The average molecular weight is 401 g/mol. The molecule has 0 aliphatic carbocycles. The van der Waals surface area contributed by atoms with Gasteiger partial charge in [-0.2, -0.15) is 0 Å². The van der Waals surface area contributed by atoms with E-state index in [0.29, 0.717) is 27.7 Å². The van der Waals surface area contributed by atoms with Crippen molar-refractivity contribution in [2.24, 2.45) is 7.05 Å². The first-order chi connectivity index (χ1) is 13.1. The number of carbonyl (C=O) groups excluding carboxylic acids is 1. The molecule has 0 fully saturated rings. The quantitative estimate of drug-likeness (QED) is 0.615. The number of para-hydroxylation sites is 1.